The fraction of sp³-hybridized carbons (Fsp3) is 0.533. The first kappa shape index (κ1) is 14.0. The molecule has 0 bridgehead atoms. The quantitative estimate of drug-likeness (QED) is 0.832. The van der Waals surface area contributed by atoms with E-state index >= 15 is 0 Å². The maximum Gasteiger partial charge on any atom is 0.240 e. The molecule has 0 radical (unpaired) electrons. The molecule has 19 heavy (non-hydrogen) atoms. The highest BCUT2D eigenvalue weighted by molar-refractivity contribution is 5.82. The van der Waals surface area contributed by atoms with E-state index < -0.39 is 0 Å². The summed E-state index contributed by atoms with van der Waals surface area (Å²) in [7, 11) is 0. The van der Waals surface area contributed by atoms with Crippen molar-refractivity contribution in [2.75, 3.05) is 19.7 Å². The molecule has 104 valence electrons. The van der Waals surface area contributed by atoms with Crippen molar-refractivity contribution in [1.29, 1.82) is 0 Å². The van der Waals surface area contributed by atoms with Crippen LogP contribution in [0.25, 0.3) is 0 Å². The van der Waals surface area contributed by atoms with Gasteiger partial charge in [0.25, 0.3) is 0 Å². The van der Waals surface area contributed by atoms with E-state index in [2.05, 4.69) is 12.2 Å². The van der Waals surface area contributed by atoms with Crippen LogP contribution in [0, 0.1) is 5.92 Å². The summed E-state index contributed by atoms with van der Waals surface area (Å²) in [5, 5.41) is 12.4. The van der Waals surface area contributed by atoms with Crippen LogP contribution >= 0.6 is 0 Å². The maximum absolute atomic E-state index is 12.5. The lowest BCUT2D eigenvalue weighted by Gasteiger charge is -2.27. The second-order valence-electron chi connectivity index (χ2n) is 5.17. The molecule has 4 nitrogen and oxygen atoms in total. The summed E-state index contributed by atoms with van der Waals surface area (Å²) in [5.41, 5.74) is 1.09. The zero-order chi connectivity index (χ0) is 13.7. The first-order valence-electron chi connectivity index (χ1n) is 6.89. The second-order valence-corrected chi connectivity index (χ2v) is 5.17. The van der Waals surface area contributed by atoms with Crippen LogP contribution in [0.1, 0.15) is 18.9 Å². The summed E-state index contributed by atoms with van der Waals surface area (Å²) in [5.74, 6) is 0.465. The molecular formula is C15H22N2O2. The Morgan fingerprint density at radius 1 is 1.42 bits per heavy atom. The molecule has 0 spiro atoms. The Balaban J connectivity index is 2.04. The maximum atomic E-state index is 12.5. The van der Waals surface area contributed by atoms with Crippen molar-refractivity contribution in [3.63, 3.8) is 0 Å². The van der Waals surface area contributed by atoms with E-state index in [1.165, 1.54) is 0 Å². The molecule has 1 saturated heterocycles. The normalized spacial score (nSPS) is 22.4. The molecule has 4 heteroatoms. The van der Waals surface area contributed by atoms with Crippen molar-refractivity contribution in [2.45, 2.75) is 25.9 Å². The number of carbonyl (C=O) groups is 1. The number of benzene rings is 1. The summed E-state index contributed by atoms with van der Waals surface area (Å²) in [6.45, 7) is 3.95. The van der Waals surface area contributed by atoms with Gasteiger partial charge in [0.1, 0.15) is 0 Å². The molecule has 0 aliphatic carbocycles. The van der Waals surface area contributed by atoms with Gasteiger partial charge in [-0.2, -0.15) is 0 Å². The zero-order valence-electron chi connectivity index (χ0n) is 11.4. The minimum atomic E-state index is -0.102. The number of nitrogens with one attached hydrogen (secondary N) is 1. The van der Waals surface area contributed by atoms with Crippen LogP contribution in [0.5, 0.6) is 0 Å². The molecule has 2 unspecified atom stereocenters. The van der Waals surface area contributed by atoms with E-state index in [0.29, 0.717) is 19.0 Å². The van der Waals surface area contributed by atoms with Crippen LogP contribution in [0.4, 0.5) is 0 Å². The van der Waals surface area contributed by atoms with Crippen molar-refractivity contribution in [2.24, 2.45) is 5.92 Å². The third-order valence-corrected chi connectivity index (χ3v) is 3.70. The number of aliphatic hydroxyl groups is 1. The molecule has 1 aromatic rings. The van der Waals surface area contributed by atoms with Crippen molar-refractivity contribution >= 4 is 5.91 Å². The lowest BCUT2D eigenvalue weighted by atomic mass is 10.0. The Morgan fingerprint density at radius 2 is 2.16 bits per heavy atom. The third-order valence-electron chi connectivity index (χ3n) is 3.70. The van der Waals surface area contributed by atoms with Gasteiger partial charge in [-0.1, -0.05) is 37.3 Å². The molecular weight excluding hydrogens is 240 g/mol. The van der Waals surface area contributed by atoms with Crippen molar-refractivity contribution in [1.82, 2.24) is 10.2 Å². The summed E-state index contributed by atoms with van der Waals surface area (Å²) >= 11 is 0. The smallest absolute Gasteiger partial charge is 0.240 e. The summed E-state index contributed by atoms with van der Waals surface area (Å²) in [6, 6.07) is 9.80. The number of carbonyl (C=O) groups excluding carboxylic acids is 1. The third kappa shape index (κ3) is 3.55. The van der Waals surface area contributed by atoms with Gasteiger partial charge in [-0.3, -0.25) is 4.79 Å². The summed E-state index contributed by atoms with van der Waals surface area (Å²) < 4.78 is 0. The van der Waals surface area contributed by atoms with Gasteiger partial charge in [-0.25, -0.2) is 0 Å². The van der Waals surface area contributed by atoms with Crippen LogP contribution in [0.2, 0.25) is 0 Å². The minimum absolute atomic E-state index is 0.000323. The lowest BCUT2D eigenvalue weighted by Crippen LogP contribution is -2.46. The Hall–Kier alpha value is -1.39. The molecule has 1 aliphatic heterocycles. The van der Waals surface area contributed by atoms with Gasteiger partial charge < -0.3 is 15.3 Å². The minimum Gasteiger partial charge on any atom is -0.395 e. The van der Waals surface area contributed by atoms with E-state index in [1.807, 2.05) is 30.3 Å². The molecule has 1 aromatic carbocycles. The zero-order valence-corrected chi connectivity index (χ0v) is 11.4. The van der Waals surface area contributed by atoms with Crippen molar-refractivity contribution in [3.8, 4) is 0 Å². The molecule has 1 fully saturated rings. The van der Waals surface area contributed by atoms with Gasteiger partial charge in [0.15, 0.2) is 0 Å². The van der Waals surface area contributed by atoms with Crippen LogP contribution in [0.3, 0.4) is 0 Å². The highest BCUT2D eigenvalue weighted by Gasteiger charge is 2.32. The average Bonchev–Trinajstić information content (AvgIpc) is 2.85. The van der Waals surface area contributed by atoms with Crippen LogP contribution in [-0.2, 0) is 11.3 Å². The lowest BCUT2D eigenvalue weighted by molar-refractivity contribution is -0.135. The molecule has 2 N–H and O–H groups in total. The molecule has 0 saturated carbocycles. The first-order valence-corrected chi connectivity index (χ1v) is 6.89. The highest BCUT2D eigenvalue weighted by atomic mass is 16.3. The first-order chi connectivity index (χ1) is 9.22. The largest absolute Gasteiger partial charge is 0.395 e. The Morgan fingerprint density at radius 3 is 2.74 bits per heavy atom. The fourth-order valence-corrected chi connectivity index (χ4v) is 2.55. The standard InChI is InChI=1S/C15H22N2O2/c1-12-7-8-16-14(12)15(19)17(9-10-18)11-13-5-3-2-4-6-13/h2-6,12,14,16,18H,7-11H2,1H3. The van der Waals surface area contributed by atoms with E-state index in [0.717, 1.165) is 18.5 Å². The van der Waals surface area contributed by atoms with E-state index in [4.69, 9.17) is 5.11 Å². The molecule has 1 amide bonds. The number of hydrogen-bond acceptors (Lipinski definition) is 3. The topological polar surface area (TPSA) is 52.6 Å². The number of aliphatic hydroxyl groups excluding tert-OH is 1. The fourth-order valence-electron chi connectivity index (χ4n) is 2.55. The second kappa shape index (κ2) is 6.68. The molecule has 2 rings (SSSR count). The van der Waals surface area contributed by atoms with Gasteiger partial charge in [0, 0.05) is 13.1 Å². The molecule has 2 atom stereocenters. The molecule has 0 aromatic heterocycles. The van der Waals surface area contributed by atoms with Crippen LogP contribution < -0.4 is 5.32 Å². The molecule has 1 aliphatic rings. The Bertz CT molecular complexity index is 408. The number of hydrogen-bond donors (Lipinski definition) is 2. The van der Waals surface area contributed by atoms with E-state index in [1.54, 1.807) is 4.90 Å². The predicted octanol–water partition coefficient (Wildman–Crippen LogP) is 1.01. The summed E-state index contributed by atoms with van der Waals surface area (Å²) in [6.07, 6.45) is 1.04. The van der Waals surface area contributed by atoms with Gasteiger partial charge in [0.05, 0.1) is 12.6 Å². The van der Waals surface area contributed by atoms with E-state index in [-0.39, 0.29) is 18.6 Å². The van der Waals surface area contributed by atoms with Gasteiger partial charge >= 0.3 is 0 Å². The van der Waals surface area contributed by atoms with Gasteiger partial charge in [-0.05, 0) is 24.4 Å². The van der Waals surface area contributed by atoms with Crippen molar-refractivity contribution < 1.29 is 9.90 Å². The van der Waals surface area contributed by atoms with Crippen LogP contribution in [0.15, 0.2) is 30.3 Å². The van der Waals surface area contributed by atoms with E-state index in [9.17, 15) is 4.79 Å². The van der Waals surface area contributed by atoms with Crippen molar-refractivity contribution in [3.05, 3.63) is 35.9 Å². The summed E-state index contributed by atoms with van der Waals surface area (Å²) in [4.78, 5) is 14.2. The number of rotatable bonds is 5. The molecule has 1 heterocycles. The Labute approximate surface area is 114 Å². The van der Waals surface area contributed by atoms with Gasteiger partial charge in [-0.15, -0.1) is 0 Å². The predicted molar refractivity (Wildman–Crippen MR) is 74.5 cm³/mol. The SMILES string of the molecule is CC1CCNC1C(=O)N(CCO)Cc1ccccc1. The highest BCUT2D eigenvalue weighted by Crippen LogP contribution is 2.17. The number of nitrogens with zero attached hydrogens (tertiary/aromatic N) is 1. The average molecular weight is 262 g/mol. The van der Waals surface area contributed by atoms with Crippen LogP contribution in [-0.4, -0.2) is 41.7 Å². The number of amides is 1. The van der Waals surface area contributed by atoms with Gasteiger partial charge in [0.2, 0.25) is 5.91 Å². The monoisotopic (exact) mass is 262 g/mol. The Kier molecular flexibility index (Phi) is 4.93.